The van der Waals surface area contributed by atoms with Crippen molar-refractivity contribution in [1.29, 1.82) is 0 Å². The van der Waals surface area contributed by atoms with Crippen LogP contribution in [0.4, 0.5) is 0 Å². The fourth-order valence-corrected chi connectivity index (χ4v) is 15.4. The van der Waals surface area contributed by atoms with Crippen molar-refractivity contribution >= 4 is 47.8 Å². The summed E-state index contributed by atoms with van der Waals surface area (Å²) in [6.45, 7) is 80.4. The molecule has 16 nitrogen and oxygen atoms in total. The molecular formula is C112H128O16. The first-order chi connectivity index (χ1) is 59.3. The lowest BCUT2D eigenvalue weighted by Crippen LogP contribution is -2.19. The Labute approximate surface area is 758 Å². The summed E-state index contributed by atoms with van der Waals surface area (Å²) < 4.78 is 52.9. The van der Waals surface area contributed by atoms with Crippen LogP contribution in [0.25, 0.3) is 0 Å². The highest BCUT2D eigenvalue weighted by molar-refractivity contribution is 5.89. The van der Waals surface area contributed by atoms with Gasteiger partial charge in [0.15, 0.2) is 0 Å². The standard InChI is InChI=1S/C112H128O16/c1-33-89(113)121-97-65-41-67-51-82(106(12,13)14)53-69(98(67)122-90(114)34-2)43-71-55-84(108(18,19)20)57-73(100(71)124-92(116)36-4)45-75-59-86(110(24,25)26)61-77(102(75)126-94(118)38-6)47-79-63-88(112(30,31)32)64-80(104(79)128-96(120)40-8)48-78-62-87(111(27,28)29)60-76(103(78)127-95(119)39-7)46-74-58-85(109(21,22)23)56-72(101(74)125-93(117)37-5)44-70-54-83(107(15,16)17)52-68(99(70)123-91(115)35-3)42-66(97)50-81(49-65)105(9,10)11/h33-40,49-64H,1-8,41-48H2,9-32H3. The van der Waals surface area contributed by atoms with E-state index in [0.29, 0.717) is 89.0 Å². The zero-order chi connectivity index (χ0) is 95.4. The molecule has 0 saturated carbocycles. The largest absolute Gasteiger partial charge is 0.423 e. The second-order valence-corrected chi connectivity index (χ2v) is 41.4. The summed E-state index contributed by atoms with van der Waals surface area (Å²) in [6.07, 6.45) is 8.18. The summed E-state index contributed by atoms with van der Waals surface area (Å²) in [5, 5.41) is 0. The lowest BCUT2D eigenvalue weighted by molar-refractivity contribution is -0.130. The molecule has 0 aliphatic heterocycles. The molecule has 0 fully saturated rings. The highest BCUT2D eigenvalue weighted by atomic mass is 16.6. The van der Waals surface area contributed by atoms with Gasteiger partial charge in [0.2, 0.25) is 0 Å². The van der Waals surface area contributed by atoms with Crippen molar-refractivity contribution in [2.24, 2.45) is 0 Å². The maximum absolute atomic E-state index is 14.4. The third kappa shape index (κ3) is 24.2. The smallest absolute Gasteiger partial charge is 0.335 e. The molecule has 1 aliphatic carbocycles. The van der Waals surface area contributed by atoms with Crippen LogP contribution in [-0.2, 0) is 133 Å². The monoisotopic (exact) mass is 1730 g/mol. The van der Waals surface area contributed by atoms with E-state index in [-0.39, 0.29) is 97.4 Å². The summed E-state index contributed by atoms with van der Waals surface area (Å²) in [5.41, 5.74) is 9.31. The van der Waals surface area contributed by atoms with Gasteiger partial charge < -0.3 is 37.9 Å². The molecule has 128 heavy (non-hydrogen) atoms. The first-order valence-corrected chi connectivity index (χ1v) is 43.4. The van der Waals surface area contributed by atoms with E-state index in [2.05, 4.69) is 219 Å². The molecule has 0 atom stereocenters. The van der Waals surface area contributed by atoms with Crippen LogP contribution in [0.2, 0.25) is 0 Å². The van der Waals surface area contributed by atoms with Crippen LogP contribution < -0.4 is 37.9 Å². The van der Waals surface area contributed by atoms with Gasteiger partial charge >= 0.3 is 47.8 Å². The molecule has 672 valence electrons. The predicted molar refractivity (Wildman–Crippen MR) is 510 cm³/mol. The molecule has 1 aliphatic rings. The number of fused-ring (bicyclic) bond motifs is 16. The van der Waals surface area contributed by atoms with Crippen LogP contribution in [0, 0.1) is 0 Å². The van der Waals surface area contributed by atoms with Gasteiger partial charge in [0.25, 0.3) is 0 Å². The third-order valence-electron chi connectivity index (χ3n) is 22.9. The van der Waals surface area contributed by atoms with E-state index in [9.17, 15) is 38.4 Å². The van der Waals surface area contributed by atoms with Crippen molar-refractivity contribution in [3.05, 3.63) is 332 Å². The second-order valence-electron chi connectivity index (χ2n) is 41.4. The number of rotatable bonds is 16. The van der Waals surface area contributed by atoms with E-state index >= 15 is 0 Å². The Bertz CT molecular complexity index is 4600. The average Bonchev–Trinajstić information content (AvgIpc) is 0.764. The van der Waals surface area contributed by atoms with Crippen LogP contribution in [0.3, 0.4) is 0 Å². The minimum atomic E-state index is -0.791. The number of esters is 8. The number of hydrogen-bond acceptors (Lipinski definition) is 16. The van der Waals surface area contributed by atoms with Crippen molar-refractivity contribution in [2.75, 3.05) is 0 Å². The van der Waals surface area contributed by atoms with Gasteiger partial charge in [-0.15, -0.1) is 0 Å². The van der Waals surface area contributed by atoms with Crippen molar-refractivity contribution in [3.8, 4) is 46.0 Å². The Kier molecular flexibility index (Phi) is 29.9. The van der Waals surface area contributed by atoms with Gasteiger partial charge in [-0.2, -0.15) is 0 Å². The van der Waals surface area contributed by atoms with Gasteiger partial charge in [-0.3, -0.25) is 0 Å². The lowest BCUT2D eigenvalue weighted by atomic mass is 9.79. The molecule has 0 saturated heterocycles. The van der Waals surface area contributed by atoms with Crippen LogP contribution in [0.5, 0.6) is 46.0 Å². The maximum atomic E-state index is 14.4. The van der Waals surface area contributed by atoms with E-state index in [0.717, 1.165) is 93.1 Å². The minimum absolute atomic E-state index is 0.0537. The number of benzene rings is 8. The molecular weight excluding hydrogens is 1600 g/mol. The second kappa shape index (κ2) is 38.6. The number of carbonyl (C=O) groups excluding carboxylic acids is 8. The first-order valence-electron chi connectivity index (χ1n) is 43.4. The molecule has 0 spiro atoms. The summed E-state index contributed by atoms with van der Waals surface area (Å²) in [7, 11) is 0. The van der Waals surface area contributed by atoms with Gasteiger partial charge in [-0.25, -0.2) is 38.4 Å². The predicted octanol–water partition coefficient (Wildman–Crippen LogP) is 23.8. The number of hydrogen-bond donors (Lipinski definition) is 0. The molecule has 0 aromatic heterocycles. The maximum Gasteiger partial charge on any atom is 0.335 e. The van der Waals surface area contributed by atoms with Crippen LogP contribution in [0.1, 0.15) is 300 Å². The quantitative estimate of drug-likeness (QED) is 0.0500. The van der Waals surface area contributed by atoms with Crippen LogP contribution in [-0.4, -0.2) is 47.8 Å². The molecule has 8 aromatic carbocycles. The Morgan fingerprint density at radius 1 is 0.172 bits per heavy atom. The molecule has 0 radical (unpaired) electrons. The van der Waals surface area contributed by atoms with Crippen molar-refractivity contribution in [1.82, 2.24) is 0 Å². The van der Waals surface area contributed by atoms with Gasteiger partial charge in [-0.1, -0.05) is 316 Å². The molecule has 0 N–H and O–H groups in total. The molecule has 16 bridgehead atoms. The first kappa shape index (κ1) is 99.2. The Morgan fingerprint density at radius 2 is 0.242 bits per heavy atom. The minimum Gasteiger partial charge on any atom is -0.423 e. The Hall–Kier alpha value is -12.6. The average molecular weight is 1730 g/mol. The zero-order valence-corrected chi connectivity index (χ0v) is 79.7. The zero-order valence-electron chi connectivity index (χ0n) is 79.7. The fourth-order valence-electron chi connectivity index (χ4n) is 15.4. The summed E-state index contributed by atoms with van der Waals surface area (Å²) in [4.78, 5) is 116. The number of carbonyl (C=O) groups is 8. The number of ether oxygens (including phenoxy) is 8. The van der Waals surface area contributed by atoms with E-state index in [4.69, 9.17) is 37.9 Å². The van der Waals surface area contributed by atoms with Crippen LogP contribution >= 0.6 is 0 Å². The van der Waals surface area contributed by atoms with Gasteiger partial charge in [-0.05, 0) is 87.8 Å². The Balaban J connectivity index is 1.58. The highest BCUT2D eigenvalue weighted by Gasteiger charge is 2.36. The molecule has 0 unspecified atom stereocenters. The summed E-state index contributed by atoms with van der Waals surface area (Å²) in [6, 6.07) is 31.6. The van der Waals surface area contributed by atoms with Crippen molar-refractivity contribution < 1.29 is 76.3 Å². The van der Waals surface area contributed by atoms with Gasteiger partial charge in [0.1, 0.15) is 46.0 Å². The Morgan fingerprint density at radius 3 is 0.297 bits per heavy atom. The SMILES string of the molecule is C=CC(=O)Oc1c2cc(C(C)(C)C)cc1Cc1cc(C(C)(C)C)cc(c1OC(=O)C=C)Cc1cc(C(C)(C)C)cc(c1OC(=O)C=C)Cc1cc(C(C)(C)C)cc(c1OC(=O)C=C)Cc1cc(C(C)(C)C)cc(c1OC(=O)C=C)Cc1cc(C(C)(C)C)cc(c1OC(=O)C=C)Cc1cc(C(C)(C)C)cc(c1OC(=O)C=C)Cc1cc(C(C)(C)C)cc(c1OC(=O)C=C)C2. The van der Waals surface area contributed by atoms with Gasteiger partial charge in [0, 0.05) is 189 Å². The fraction of sp³-hybridized carbons (Fsp3) is 0.357. The summed E-state index contributed by atoms with van der Waals surface area (Å²) in [5.74, 6) is -5.24. The normalized spacial score (nSPS) is 12.9. The van der Waals surface area contributed by atoms with Gasteiger partial charge in [0.05, 0.1) is 0 Å². The highest BCUT2D eigenvalue weighted by Crippen LogP contribution is 2.49. The van der Waals surface area contributed by atoms with E-state index < -0.39 is 91.1 Å². The molecule has 16 heteroatoms. The lowest BCUT2D eigenvalue weighted by Gasteiger charge is -2.28. The summed E-state index contributed by atoms with van der Waals surface area (Å²) >= 11 is 0. The molecule has 0 heterocycles. The molecule has 9 rings (SSSR count). The van der Waals surface area contributed by atoms with Crippen molar-refractivity contribution in [2.45, 2.75) is 261 Å². The topological polar surface area (TPSA) is 210 Å². The van der Waals surface area contributed by atoms with E-state index in [1.807, 2.05) is 97.1 Å². The molecule has 8 aromatic rings. The third-order valence-corrected chi connectivity index (χ3v) is 22.9. The molecule has 0 amide bonds. The van der Waals surface area contributed by atoms with Crippen molar-refractivity contribution in [3.63, 3.8) is 0 Å². The van der Waals surface area contributed by atoms with E-state index in [1.54, 1.807) is 0 Å². The van der Waals surface area contributed by atoms with Crippen LogP contribution in [0.15, 0.2) is 198 Å². The van der Waals surface area contributed by atoms with E-state index in [1.165, 1.54) is 0 Å².